The molecule has 4 heterocycles. The normalized spacial score (nSPS) is 14.8. The van der Waals surface area contributed by atoms with Crippen LogP contribution in [0, 0.1) is 12.7 Å². The Hall–Kier alpha value is -3.79. The zero-order valence-electron chi connectivity index (χ0n) is 18.4. The molecule has 1 fully saturated rings. The van der Waals surface area contributed by atoms with Crippen molar-refractivity contribution >= 4 is 28.1 Å². The van der Waals surface area contributed by atoms with E-state index in [4.69, 9.17) is 0 Å². The average molecular weight is 449 g/mol. The summed E-state index contributed by atoms with van der Waals surface area (Å²) >= 11 is 0. The number of amides is 1. The number of carbonyl (C=O) groups excluding carboxylic acids is 1. The Bertz CT molecular complexity index is 1420. The van der Waals surface area contributed by atoms with Gasteiger partial charge in [0.15, 0.2) is 5.65 Å². The van der Waals surface area contributed by atoms with Gasteiger partial charge in [-0.2, -0.15) is 0 Å². The highest BCUT2D eigenvalue weighted by molar-refractivity contribution is 5.92. The second kappa shape index (κ2) is 8.28. The molecule has 0 radical (unpaired) electrons. The predicted octanol–water partition coefficient (Wildman–Crippen LogP) is 1.70. The molecule has 10 heteroatoms. The van der Waals surface area contributed by atoms with Crippen molar-refractivity contribution in [1.29, 1.82) is 0 Å². The topological polar surface area (TPSA) is 98.6 Å². The minimum Gasteiger partial charge on any atom is -0.368 e. The number of halogens is 1. The van der Waals surface area contributed by atoms with E-state index in [0.29, 0.717) is 28.8 Å². The van der Waals surface area contributed by atoms with Crippen molar-refractivity contribution in [3.05, 3.63) is 69.9 Å². The fraction of sp³-hybridized carbons (Fsp3) is 0.304. The fourth-order valence-corrected chi connectivity index (χ4v) is 4.46. The minimum absolute atomic E-state index is 0.202. The third-order valence-corrected chi connectivity index (χ3v) is 6.11. The molecule has 3 aromatic heterocycles. The Kier molecular flexibility index (Phi) is 5.29. The maximum atomic E-state index is 14.9. The number of rotatable bonds is 4. The first kappa shape index (κ1) is 21.1. The van der Waals surface area contributed by atoms with Gasteiger partial charge in [-0.15, -0.1) is 0 Å². The number of nitrogens with zero attached hydrogens (tertiary/aromatic N) is 5. The van der Waals surface area contributed by atoms with Crippen LogP contribution in [0.5, 0.6) is 0 Å². The number of H-pyrrole nitrogens is 1. The molecule has 1 aliphatic heterocycles. The van der Waals surface area contributed by atoms with Gasteiger partial charge in [-0.25, -0.2) is 19.2 Å². The third kappa shape index (κ3) is 3.82. The number of pyridine rings is 1. The second-order valence-electron chi connectivity index (χ2n) is 8.19. The van der Waals surface area contributed by atoms with Crippen molar-refractivity contribution in [3.63, 3.8) is 0 Å². The number of benzene rings is 1. The van der Waals surface area contributed by atoms with E-state index in [9.17, 15) is 14.0 Å². The summed E-state index contributed by atoms with van der Waals surface area (Å²) in [5.41, 5.74) is 3.46. The minimum atomic E-state index is -0.397. The number of anilines is 1. The van der Waals surface area contributed by atoms with Crippen molar-refractivity contribution in [2.75, 3.05) is 38.1 Å². The molecule has 0 unspecified atom stereocenters. The van der Waals surface area contributed by atoms with Crippen LogP contribution in [0.1, 0.15) is 21.7 Å². The van der Waals surface area contributed by atoms with Gasteiger partial charge in [-0.3, -0.25) is 14.1 Å². The van der Waals surface area contributed by atoms with Crippen LogP contribution in [0.2, 0.25) is 0 Å². The number of carbonyl (C=O) groups is 1. The number of imidazole rings is 1. The van der Waals surface area contributed by atoms with E-state index in [-0.39, 0.29) is 11.6 Å². The fourth-order valence-electron chi connectivity index (χ4n) is 4.46. The summed E-state index contributed by atoms with van der Waals surface area (Å²) in [4.78, 5) is 39.9. The molecule has 1 aliphatic rings. The van der Waals surface area contributed by atoms with Gasteiger partial charge < -0.3 is 15.2 Å². The van der Waals surface area contributed by atoms with Crippen molar-refractivity contribution in [3.8, 4) is 0 Å². The van der Waals surface area contributed by atoms with Crippen LogP contribution in [0.25, 0.3) is 16.6 Å². The van der Waals surface area contributed by atoms with Gasteiger partial charge in [0, 0.05) is 52.2 Å². The number of aromatic nitrogens is 4. The summed E-state index contributed by atoms with van der Waals surface area (Å²) in [5, 5.41) is 2.91. The molecule has 2 N–H and O–H groups in total. The highest BCUT2D eigenvalue weighted by atomic mass is 19.1. The van der Waals surface area contributed by atoms with Crippen molar-refractivity contribution in [2.24, 2.45) is 0 Å². The first-order valence-electron chi connectivity index (χ1n) is 10.8. The summed E-state index contributed by atoms with van der Waals surface area (Å²) in [6.45, 7) is 5.67. The molecule has 0 spiro atoms. The van der Waals surface area contributed by atoms with Crippen LogP contribution in [0.3, 0.4) is 0 Å². The summed E-state index contributed by atoms with van der Waals surface area (Å²) in [6.07, 6.45) is 3.00. The standard InChI is InChI=1S/C23H24FN7O2/c1-14-19(4-3-17(27-14)22(32)25-2)30-9-7-29(8-10-30)13-15-11-16(24)20-18(12-15)28-23(33)31-6-5-26-21(20)31/h3-6,11-12H,7-10,13H2,1-2H3,(H,25,32)(H,28,33). The second-order valence-corrected chi connectivity index (χ2v) is 8.19. The zero-order valence-corrected chi connectivity index (χ0v) is 18.4. The van der Waals surface area contributed by atoms with E-state index >= 15 is 0 Å². The molecule has 9 nitrogen and oxygen atoms in total. The van der Waals surface area contributed by atoms with Gasteiger partial charge >= 0.3 is 5.69 Å². The van der Waals surface area contributed by atoms with Crippen LogP contribution >= 0.6 is 0 Å². The molecular formula is C23H24FN7O2. The van der Waals surface area contributed by atoms with E-state index in [0.717, 1.165) is 43.1 Å². The maximum Gasteiger partial charge on any atom is 0.331 e. The maximum absolute atomic E-state index is 14.9. The molecule has 0 atom stereocenters. The van der Waals surface area contributed by atoms with Crippen LogP contribution in [0.4, 0.5) is 10.1 Å². The van der Waals surface area contributed by atoms with Crippen LogP contribution in [0.15, 0.2) is 41.5 Å². The SMILES string of the molecule is CNC(=O)c1ccc(N2CCN(Cc3cc(F)c4c(c3)[nH]c(=O)n3ccnc43)CC2)c(C)n1. The van der Waals surface area contributed by atoms with Gasteiger partial charge in [-0.05, 0) is 36.8 Å². The highest BCUT2D eigenvalue weighted by Gasteiger charge is 2.21. The number of aryl methyl sites for hydroxylation is 1. The van der Waals surface area contributed by atoms with Gasteiger partial charge in [0.2, 0.25) is 0 Å². The van der Waals surface area contributed by atoms with Crippen molar-refractivity contribution in [2.45, 2.75) is 13.5 Å². The summed E-state index contributed by atoms with van der Waals surface area (Å²) in [7, 11) is 1.59. The van der Waals surface area contributed by atoms with E-state index in [2.05, 4.69) is 30.1 Å². The van der Waals surface area contributed by atoms with Crippen molar-refractivity contribution in [1.82, 2.24) is 29.6 Å². The van der Waals surface area contributed by atoms with E-state index in [1.807, 2.05) is 19.1 Å². The predicted molar refractivity (Wildman–Crippen MR) is 123 cm³/mol. The first-order chi connectivity index (χ1) is 15.9. The third-order valence-electron chi connectivity index (χ3n) is 6.11. The molecule has 1 amide bonds. The molecule has 4 aromatic rings. The Morgan fingerprint density at radius 3 is 2.73 bits per heavy atom. The Balaban J connectivity index is 1.31. The average Bonchev–Trinajstić information content (AvgIpc) is 3.29. The van der Waals surface area contributed by atoms with E-state index in [1.54, 1.807) is 13.1 Å². The quantitative estimate of drug-likeness (QED) is 0.492. The largest absolute Gasteiger partial charge is 0.368 e. The van der Waals surface area contributed by atoms with E-state index < -0.39 is 5.82 Å². The van der Waals surface area contributed by atoms with Gasteiger partial charge in [-0.1, -0.05) is 0 Å². The number of hydrogen-bond donors (Lipinski definition) is 2. The number of nitrogens with one attached hydrogen (secondary N) is 2. The summed E-state index contributed by atoms with van der Waals surface area (Å²) < 4.78 is 16.3. The summed E-state index contributed by atoms with van der Waals surface area (Å²) in [6, 6.07) is 7.02. The molecule has 1 saturated heterocycles. The number of hydrogen-bond acceptors (Lipinski definition) is 6. The van der Waals surface area contributed by atoms with Crippen molar-refractivity contribution < 1.29 is 9.18 Å². The first-order valence-corrected chi connectivity index (χ1v) is 10.8. The van der Waals surface area contributed by atoms with Gasteiger partial charge in [0.05, 0.1) is 22.3 Å². The van der Waals surface area contributed by atoms with Gasteiger partial charge in [0.1, 0.15) is 11.5 Å². The lowest BCUT2D eigenvalue weighted by molar-refractivity contribution is 0.0958. The van der Waals surface area contributed by atoms with E-state index in [1.165, 1.54) is 22.9 Å². The smallest absolute Gasteiger partial charge is 0.331 e. The van der Waals surface area contributed by atoms with Gasteiger partial charge in [0.25, 0.3) is 5.91 Å². The molecule has 5 rings (SSSR count). The van der Waals surface area contributed by atoms with Crippen LogP contribution in [-0.4, -0.2) is 63.4 Å². The molecular weight excluding hydrogens is 425 g/mol. The lowest BCUT2D eigenvalue weighted by Gasteiger charge is -2.36. The number of fused-ring (bicyclic) bond motifs is 3. The number of aromatic amines is 1. The Labute approximate surface area is 188 Å². The molecule has 0 saturated carbocycles. The summed E-state index contributed by atoms with van der Waals surface area (Å²) in [5.74, 6) is -0.599. The molecule has 0 aliphatic carbocycles. The monoisotopic (exact) mass is 449 g/mol. The zero-order chi connectivity index (χ0) is 23.1. The lowest BCUT2D eigenvalue weighted by atomic mass is 10.1. The highest BCUT2D eigenvalue weighted by Crippen LogP contribution is 2.24. The molecule has 170 valence electrons. The molecule has 33 heavy (non-hydrogen) atoms. The van der Waals surface area contributed by atoms with Crippen LogP contribution in [-0.2, 0) is 6.54 Å². The lowest BCUT2D eigenvalue weighted by Crippen LogP contribution is -2.46. The molecule has 0 bridgehead atoms. The Morgan fingerprint density at radius 2 is 2.00 bits per heavy atom. The molecule has 1 aromatic carbocycles. The Morgan fingerprint density at radius 1 is 1.21 bits per heavy atom. The van der Waals surface area contributed by atoms with Crippen LogP contribution < -0.4 is 15.9 Å². The number of piperazine rings is 1.